The molecule has 0 saturated carbocycles. The number of rotatable bonds is 7. The van der Waals surface area contributed by atoms with Crippen LogP contribution in [0.3, 0.4) is 0 Å². The molecule has 25 heavy (non-hydrogen) atoms. The number of aromatic amines is 1. The molecule has 0 bridgehead atoms. The molecular weight excluding hydrogens is 349 g/mol. The maximum absolute atomic E-state index is 12.7. The van der Waals surface area contributed by atoms with Gasteiger partial charge >= 0.3 is 7.60 Å². The van der Waals surface area contributed by atoms with Crippen LogP contribution in [0.25, 0.3) is 22.6 Å². The van der Waals surface area contributed by atoms with Crippen molar-refractivity contribution in [1.29, 1.82) is 0 Å². The van der Waals surface area contributed by atoms with Gasteiger partial charge in [0.2, 0.25) is 5.50 Å². The van der Waals surface area contributed by atoms with E-state index in [1.165, 1.54) is 12.1 Å². The summed E-state index contributed by atoms with van der Waals surface area (Å²) in [6.45, 7) is 3.80. The molecule has 9 nitrogen and oxygen atoms in total. The number of fused-ring (bicyclic) bond motifs is 1. The average molecular weight is 365 g/mol. The summed E-state index contributed by atoms with van der Waals surface area (Å²) >= 11 is 0. The van der Waals surface area contributed by atoms with Crippen LogP contribution in [0.1, 0.15) is 13.8 Å². The van der Waals surface area contributed by atoms with Gasteiger partial charge in [-0.05, 0) is 32.0 Å². The monoisotopic (exact) mass is 365 g/mol. The van der Waals surface area contributed by atoms with Crippen molar-refractivity contribution in [1.82, 2.24) is 9.97 Å². The fourth-order valence-electron chi connectivity index (χ4n) is 2.39. The van der Waals surface area contributed by atoms with Crippen molar-refractivity contribution < 1.29 is 23.0 Å². The largest absolute Gasteiger partial charge is 0.445 e. The molecule has 0 amide bonds. The molecule has 0 aliphatic carbocycles. The van der Waals surface area contributed by atoms with E-state index < -0.39 is 12.5 Å². The summed E-state index contributed by atoms with van der Waals surface area (Å²) in [7, 11) is -3.55. The van der Waals surface area contributed by atoms with E-state index in [0.29, 0.717) is 5.52 Å². The molecule has 0 aliphatic rings. The van der Waals surface area contributed by atoms with Crippen LogP contribution in [0.15, 0.2) is 34.7 Å². The molecule has 0 fully saturated rings. The fraction of sp³-hybridized carbons (Fsp3) is 0.267. The molecule has 0 radical (unpaired) electrons. The fourth-order valence-corrected chi connectivity index (χ4v) is 3.86. The molecular formula is C15H16N3O6P. The van der Waals surface area contributed by atoms with Gasteiger partial charge in [-0.2, -0.15) is 0 Å². The SMILES string of the molecule is CCOP(=O)(OCC)c1ccc(-c2nc3c([N+](=O)[O-])cccc3[nH]2)o1. The van der Waals surface area contributed by atoms with E-state index in [1.54, 1.807) is 32.0 Å². The van der Waals surface area contributed by atoms with E-state index in [0.717, 1.165) is 0 Å². The number of furan rings is 1. The van der Waals surface area contributed by atoms with Crippen LogP contribution >= 0.6 is 7.60 Å². The van der Waals surface area contributed by atoms with E-state index in [9.17, 15) is 14.7 Å². The molecule has 3 rings (SSSR count). The van der Waals surface area contributed by atoms with Gasteiger partial charge < -0.3 is 18.4 Å². The number of para-hydroxylation sites is 1. The Kier molecular flexibility index (Phi) is 4.71. The Balaban J connectivity index is 2.03. The number of imidazole rings is 1. The first-order chi connectivity index (χ1) is 12.0. The minimum atomic E-state index is -3.55. The van der Waals surface area contributed by atoms with Crippen LogP contribution in [0.4, 0.5) is 5.69 Å². The second-order valence-corrected chi connectivity index (χ2v) is 6.94. The number of non-ortho nitro benzene ring substituents is 1. The number of nitro groups is 1. The highest BCUT2D eigenvalue weighted by molar-refractivity contribution is 7.61. The van der Waals surface area contributed by atoms with E-state index in [1.807, 2.05) is 0 Å². The van der Waals surface area contributed by atoms with Gasteiger partial charge in [0.15, 0.2) is 17.1 Å². The molecule has 2 heterocycles. The zero-order chi connectivity index (χ0) is 18.0. The van der Waals surface area contributed by atoms with E-state index in [2.05, 4.69) is 9.97 Å². The van der Waals surface area contributed by atoms with Crippen LogP contribution in [-0.4, -0.2) is 28.1 Å². The summed E-state index contributed by atoms with van der Waals surface area (Å²) in [6.07, 6.45) is 0. The lowest BCUT2D eigenvalue weighted by Gasteiger charge is -2.13. The van der Waals surface area contributed by atoms with Gasteiger partial charge in [0, 0.05) is 6.07 Å². The van der Waals surface area contributed by atoms with Crippen molar-refractivity contribution >= 4 is 29.8 Å². The Morgan fingerprint density at radius 3 is 2.60 bits per heavy atom. The van der Waals surface area contributed by atoms with Crippen LogP contribution in [0, 0.1) is 10.1 Å². The van der Waals surface area contributed by atoms with Crippen molar-refractivity contribution in [3.63, 3.8) is 0 Å². The molecule has 10 heteroatoms. The van der Waals surface area contributed by atoms with Gasteiger partial charge in [0.05, 0.1) is 23.7 Å². The molecule has 0 spiro atoms. The van der Waals surface area contributed by atoms with Crippen molar-refractivity contribution in [2.75, 3.05) is 13.2 Å². The third-order valence-corrected chi connectivity index (χ3v) is 5.36. The smallest absolute Gasteiger partial charge is 0.396 e. The Morgan fingerprint density at radius 2 is 1.96 bits per heavy atom. The zero-order valence-electron chi connectivity index (χ0n) is 13.6. The summed E-state index contributed by atoms with van der Waals surface area (Å²) in [5.41, 5.74) is 0.667. The first-order valence-electron chi connectivity index (χ1n) is 7.61. The van der Waals surface area contributed by atoms with Gasteiger partial charge in [-0.25, -0.2) is 4.98 Å². The number of aromatic nitrogens is 2. The molecule has 2 aromatic heterocycles. The second-order valence-electron chi connectivity index (χ2n) is 4.99. The Labute approximate surface area is 142 Å². The maximum atomic E-state index is 12.7. The van der Waals surface area contributed by atoms with Crippen molar-refractivity contribution in [3.05, 3.63) is 40.4 Å². The summed E-state index contributed by atoms with van der Waals surface area (Å²) < 4.78 is 28.8. The third-order valence-electron chi connectivity index (χ3n) is 3.38. The number of hydrogen-bond acceptors (Lipinski definition) is 7. The van der Waals surface area contributed by atoms with E-state index in [4.69, 9.17) is 13.5 Å². The first-order valence-corrected chi connectivity index (χ1v) is 9.15. The Bertz CT molecular complexity index is 953. The average Bonchev–Trinajstić information content (AvgIpc) is 3.21. The molecule has 3 aromatic rings. The highest BCUT2D eigenvalue weighted by atomic mass is 31.2. The Hall–Kier alpha value is -2.48. The number of benzene rings is 1. The minimum absolute atomic E-state index is 0.0566. The van der Waals surface area contributed by atoms with Crippen molar-refractivity contribution in [2.45, 2.75) is 13.8 Å². The molecule has 0 unspecified atom stereocenters. The number of nitrogens with zero attached hydrogens (tertiary/aromatic N) is 2. The predicted octanol–water partition coefficient (Wildman–Crippen LogP) is 3.62. The normalized spacial score (nSPS) is 11.9. The number of hydrogen-bond donors (Lipinski definition) is 1. The number of H-pyrrole nitrogens is 1. The van der Waals surface area contributed by atoms with Gasteiger partial charge in [-0.1, -0.05) is 6.07 Å². The summed E-state index contributed by atoms with van der Waals surface area (Å²) in [4.78, 5) is 17.8. The topological polar surface area (TPSA) is 120 Å². The lowest BCUT2D eigenvalue weighted by atomic mass is 10.3. The molecule has 1 aromatic carbocycles. The Morgan fingerprint density at radius 1 is 1.24 bits per heavy atom. The van der Waals surface area contributed by atoms with Crippen molar-refractivity contribution in [3.8, 4) is 11.6 Å². The molecule has 0 saturated heterocycles. The highest BCUT2D eigenvalue weighted by Crippen LogP contribution is 2.47. The van der Waals surface area contributed by atoms with Crippen LogP contribution in [0.2, 0.25) is 0 Å². The number of nitro benzene ring substituents is 1. The second kappa shape index (κ2) is 6.79. The first kappa shape index (κ1) is 17.3. The molecule has 1 N–H and O–H groups in total. The van der Waals surface area contributed by atoms with Crippen LogP contribution in [0.5, 0.6) is 0 Å². The van der Waals surface area contributed by atoms with Gasteiger partial charge in [-0.15, -0.1) is 0 Å². The summed E-state index contributed by atoms with van der Waals surface area (Å²) in [6, 6.07) is 7.66. The van der Waals surface area contributed by atoms with Gasteiger partial charge in [0.1, 0.15) is 0 Å². The molecule has 0 aliphatic heterocycles. The maximum Gasteiger partial charge on any atom is 0.396 e. The molecule has 0 atom stereocenters. The van der Waals surface area contributed by atoms with Crippen LogP contribution < -0.4 is 5.50 Å². The lowest BCUT2D eigenvalue weighted by Crippen LogP contribution is -2.08. The van der Waals surface area contributed by atoms with E-state index in [-0.39, 0.29) is 41.5 Å². The number of nitrogens with one attached hydrogen (secondary N) is 1. The van der Waals surface area contributed by atoms with Gasteiger partial charge in [-0.3, -0.25) is 14.7 Å². The van der Waals surface area contributed by atoms with Crippen LogP contribution in [-0.2, 0) is 13.6 Å². The predicted molar refractivity (Wildman–Crippen MR) is 90.9 cm³/mol. The molecule has 132 valence electrons. The quantitative estimate of drug-likeness (QED) is 0.385. The highest BCUT2D eigenvalue weighted by Gasteiger charge is 2.31. The minimum Gasteiger partial charge on any atom is -0.445 e. The lowest BCUT2D eigenvalue weighted by molar-refractivity contribution is -0.383. The summed E-state index contributed by atoms with van der Waals surface area (Å²) in [5, 5.41) is 11.1. The standard InChI is InChI=1S/C15H16N3O6P/c1-3-22-25(21,23-4-2)13-9-8-12(24-13)15-16-10-6-5-7-11(18(19)20)14(10)17-15/h5-9H,3-4H2,1-2H3,(H,16,17). The van der Waals surface area contributed by atoms with E-state index >= 15 is 0 Å². The van der Waals surface area contributed by atoms with Gasteiger partial charge in [0.25, 0.3) is 5.69 Å². The third kappa shape index (κ3) is 3.21. The zero-order valence-corrected chi connectivity index (χ0v) is 14.5. The van der Waals surface area contributed by atoms with Crippen molar-refractivity contribution in [2.24, 2.45) is 0 Å². The summed E-state index contributed by atoms with van der Waals surface area (Å²) in [5.74, 6) is 0.565.